The van der Waals surface area contributed by atoms with E-state index in [2.05, 4.69) is 31.0 Å². The summed E-state index contributed by atoms with van der Waals surface area (Å²) in [5.74, 6) is 1.67. The average molecular weight is 342 g/mol. The van der Waals surface area contributed by atoms with E-state index in [1.54, 1.807) is 0 Å². The maximum atomic E-state index is 12.8. The Morgan fingerprint density at radius 2 is 2.12 bits per heavy atom. The molecule has 0 radical (unpaired) electrons. The number of amides is 1. The zero-order valence-corrected chi connectivity index (χ0v) is 15.2. The summed E-state index contributed by atoms with van der Waals surface area (Å²) in [6.45, 7) is 5.43. The first kappa shape index (κ1) is 17.4. The van der Waals surface area contributed by atoms with Gasteiger partial charge in [0.2, 0.25) is 6.79 Å². The molecule has 1 unspecified atom stereocenters. The first-order chi connectivity index (χ1) is 12.1. The van der Waals surface area contributed by atoms with Crippen LogP contribution in [-0.2, 0) is 11.2 Å². The van der Waals surface area contributed by atoms with Crippen molar-refractivity contribution in [3.05, 3.63) is 47.8 Å². The maximum absolute atomic E-state index is 12.8. The lowest BCUT2D eigenvalue weighted by atomic mass is 10.0. The van der Waals surface area contributed by atoms with Gasteiger partial charge in [-0.25, -0.2) is 0 Å². The summed E-state index contributed by atoms with van der Waals surface area (Å²) in [7, 11) is 1.88. The van der Waals surface area contributed by atoms with Crippen molar-refractivity contribution in [3.8, 4) is 11.5 Å². The number of hydrogen-bond acceptors (Lipinski definition) is 4. The second kappa shape index (κ2) is 7.64. The molecule has 2 aliphatic rings. The lowest BCUT2D eigenvalue weighted by Gasteiger charge is -2.28. The number of rotatable bonds is 6. The summed E-state index contributed by atoms with van der Waals surface area (Å²) in [5.41, 5.74) is 1.98. The third-order valence-corrected chi connectivity index (χ3v) is 4.66. The molecular formula is C20H26N2O3. The number of nitrogens with zero attached hydrogens (tertiary/aromatic N) is 2. The Bertz CT molecular complexity index is 696. The highest BCUT2D eigenvalue weighted by molar-refractivity contribution is 5.93. The number of carbonyl (C=O) groups is 1. The molecule has 5 nitrogen and oxygen atoms in total. The molecule has 5 heteroatoms. The third-order valence-electron chi connectivity index (χ3n) is 4.66. The Kier molecular flexibility index (Phi) is 5.31. The SMILES string of the molecule is CCCN1C=CCC(C(=O)N(C)C(C)Cc2ccc3c(c2)OCO3)=C1. The molecule has 1 aromatic rings. The van der Waals surface area contributed by atoms with Crippen LogP contribution in [0.3, 0.4) is 0 Å². The van der Waals surface area contributed by atoms with Crippen molar-refractivity contribution >= 4 is 5.91 Å². The van der Waals surface area contributed by atoms with Gasteiger partial charge >= 0.3 is 0 Å². The maximum Gasteiger partial charge on any atom is 0.251 e. The van der Waals surface area contributed by atoms with E-state index in [0.29, 0.717) is 6.42 Å². The minimum atomic E-state index is 0.0960. The van der Waals surface area contributed by atoms with Gasteiger partial charge in [-0.05, 0) is 50.1 Å². The predicted molar refractivity (Wildman–Crippen MR) is 97.3 cm³/mol. The van der Waals surface area contributed by atoms with Crippen LogP contribution in [0.5, 0.6) is 11.5 Å². The van der Waals surface area contributed by atoms with Crippen molar-refractivity contribution in [1.82, 2.24) is 9.80 Å². The molecule has 0 N–H and O–H groups in total. The number of benzene rings is 1. The van der Waals surface area contributed by atoms with Gasteiger partial charge in [0.25, 0.3) is 5.91 Å². The third kappa shape index (κ3) is 3.98. The van der Waals surface area contributed by atoms with Crippen LogP contribution in [0.4, 0.5) is 0 Å². The average Bonchev–Trinajstić information content (AvgIpc) is 3.08. The topological polar surface area (TPSA) is 42.0 Å². The van der Waals surface area contributed by atoms with Gasteiger partial charge < -0.3 is 19.3 Å². The van der Waals surface area contributed by atoms with Gasteiger partial charge in [0.05, 0.1) is 0 Å². The van der Waals surface area contributed by atoms with Crippen LogP contribution in [0.15, 0.2) is 42.2 Å². The molecule has 1 aromatic carbocycles. The van der Waals surface area contributed by atoms with Crippen molar-refractivity contribution in [2.75, 3.05) is 20.4 Å². The zero-order chi connectivity index (χ0) is 17.8. The van der Waals surface area contributed by atoms with Gasteiger partial charge in [0, 0.05) is 31.4 Å². The van der Waals surface area contributed by atoms with E-state index in [1.807, 2.05) is 36.3 Å². The molecule has 0 aliphatic carbocycles. The van der Waals surface area contributed by atoms with Crippen LogP contribution in [0, 0.1) is 0 Å². The van der Waals surface area contributed by atoms with Gasteiger partial charge in [0.1, 0.15) is 0 Å². The van der Waals surface area contributed by atoms with E-state index in [-0.39, 0.29) is 18.7 Å². The summed E-state index contributed by atoms with van der Waals surface area (Å²) < 4.78 is 10.8. The van der Waals surface area contributed by atoms with E-state index in [0.717, 1.165) is 42.0 Å². The summed E-state index contributed by atoms with van der Waals surface area (Å²) in [4.78, 5) is 16.7. The summed E-state index contributed by atoms with van der Waals surface area (Å²) in [6.07, 6.45) is 8.62. The van der Waals surface area contributed by atoms with Gasteiger partial charge in [0.15, 0.2) is 11.5 Å². The van der Waals surface area contributed by atoms with Gasteiger partial charge in [-0.2, -0.15) is 0 Å². The molecule has 0 bridgehead atoms. The quantitative estimate of drug-likeness (QED) is 0.795. The first-order valence-corrected chi connectivity index (χ1v) is 8.87. The molecule has 0 saturated heterocycles. The standard InChI is InChI=1S/C20H26N2O3/c1-4-9-22-10-5-6-17(13-22)20(23)21(3)15(2)11-16-7-8-18-19(12-16)25-14-24-18/h5,7-8,10,12-13,15H,4,6,9,11,14H2,1-3H3. The zero-order valence-electron chi connectivity index (χ0n) is 15.2. The molecule has 0 spiro atoms. The second-order valence-corrected chi connectivity index (χ2v) is 6.64. The summed E-state index contributed by atoms with van der Waals surface area (Å²) in [5, 5.41) is 0. The number of likely N-dealkylation sites (N-methyl/N-ethyl adjacent to an activating group) is 1. The molecule has 25 heavy (non-hydrogen) atoms. The fourth-order valence-corrected chi connectivity index (χ4v) is 3.12. The van der Waals surface area contributed by atoms with Gasteiger partial charge in [-0.1, -0.05) is 19.1 Å². The van der Waals surface area contributed by atoms with Gasteiger partial charge in [-0.3, -0.25) is 4.79 Å². The van der Waals surface area contributed by atoms with E-state index >= 15 is 0 Å². The largest absolute Gasteiger partial charge is 0.454 e. The highest BCUT2D eigenvalue weighted by Gasteiger charge is 2.22. The van der Waals surface area contributed by atoms with Crippen molar-refractivity contribution in [1.29, 1.82) is 0 Å². The van der Waals surface area contributed by atoms with Crippen LogP contribution in [-0.4, -0.2) is 42.1 Å². The molecule has 2 heterocycles. The Morgan fingerprint density at radius 1 is 1.32 bits per heavy atom. The normalized spacial score (nSPS) is 16.6. The van der Waals surface area contributed by atoms with E-state index in [4.69, 9.17) is 9.47 Å². The van der Waals surface area contributed by atoms with Crippen LogP contribution in [0.2, 0.25) is 0 Å². The van der Waals surface area contributed by atoms with Crippen molar-refractivity contribution < 1.29 is 14.3 Å². The molecule has 134 valence electrons. The highest BCUT2D eigenvalue weighted by Crippen LogP contribution is 2.33. The lowest BCUT2D eigenvalue weighted by Crippen LogP contribution is -2.38. The molecule has 0 fully saturated rings. The smallest absolute Gasteiger partial charge is 0.251 e. The Hall–Kier alpha value is -2.43. The van der Waals surface area contributed by atoms with Crippen LogP contribution >= 0.6 is 0 Å². The molecule has 1 atom stereocenters. The van der Waals surface area contributed by atoms with Crippen molar-refractivity contribution in [2.45, 2.75) is 39.2 Å². The monoisotopic (exact) mass is 342 g/mol. The van der Waals surface area contributed by atoms with Crippen molar-refractivity contribution in [3.63, 3.8) is 0 Å². The number of ether oxygens (including phenoxy) is 2. The van der Waals surface area contributed by atoms with E-state index in [9.17, 15) is 4.79 Å². The molecule has 2 aliphatic heterocycles. The lowest BCUT2D eigenvalue weighted by molar-refractivity contribution is -0.127. The fraction of sp³-hybridized carbons (Fsp3) is 0.450. The predicted octanol–water partition coefficient (Wildman–Crippen LogP) is 3.32. The number of allylic oxidation sites excluding steroid dienone is 1. The Balaban J connectivity index is 1.63. The molecule has 1 amide bonds. The number of hydrogen-bond donors (Lipinski definition) is 0. The summed E-state index contributed by atoms with van der Waals surface area (Å²) >= 11 is 0. The van der Waals surface area contributed by atoms with Crippen LogP contribution in [0.1, 0.15) is 32.3 Å². The minimum absolute atomic E-state index is 0.0960. The van der Waals surface area contributed by atoms with Crippen LogP contribution < -0.4 is 9.47 Å². The summed E-state index contributed by atoms with van der Waals surface area (Å²) in [6, 6.07) is 6.07. The first-order valence-electron chi connectivity index (χ1n) is 8.87. The molecule has 3 rings (SSSR count). The van der Waals surface area contributed by atoms with E-state index < -0.39 is 0 Å². The van der Waals surface area contributed by atoms with Crippen LogP contribution in [0.25, 0.3) is 0 Å². The van der Waals surface area contributed by atoms with Crippen molar-refractivity contribution in [2.24, 2.45) is 0 Å². The van der Waals surface area contributed by atoms with E-state index in [1.165, 1.54) is 0 Å². The second-order valence-electron chi connectivity index (χ2n) is 6.64. The Labute approximate surface area is 149 Å². The highest BCUT2D eigenvalue weighted by atomic mass is 16.7. The van der Waals surface area contributed by atoms with Gasteiger partial charge in [-0.15, -0.1) is 0 Å². The number of carbonyl (C=O) groups excluding carboxylic acids is 1. The molecule has 0 aromatic heterocycles. The number of fused-ring (bicyclic) bond motifs is 1. The Morgan fingerprint density at radius 3 is 2.92 bits per heavy atom. The fourth-order valence-electron chi connectivity index (χ4n) is 3.12. The molecular weight excluding hydrogens is 316 g/mol. The molecule has 0 saturated carbocycles. The minimum Gasteiger partial charge on any atom is -0.454 e.